The van der Waals surface area contributed by atoms with Gasteiger partial charge in [0.25, 0.3) is 11.8 Å². The molecule has 3 heterocycles. The zero-order valence-corrected chi connectivity index (χ0v) is 24.6. The number of aromatic nitrogens is 4. The van der Waals surface area contributed by atoms with Crippen LogP contribution in [0, 0.1) is 23.1 Å². The Hall–Kier alpha value is -5.97. The molecule has 4 aromatic rings. The number of nitriles is 1. The van der Waals surface area contributed by atoms with Crippen LogP contribution < -0.4 is 20.7 Å². The van der Waals surface area contributed by atoms with Crippen LogP contribution in [0.3, 0.4) is 0 Å². The second-order valence-corrected chi connectivity index (χ2v) is 10.2. The van der Waals surface area contributed by atoms with Gasteiger partial charge in [-0.2, -0.15) is 5.26 Å². The van der Waals surface area contributed by atoms with E-state index >= 15 is 4.39 Å². The maximum Gasteiger partial charge on any atom is 0.275 e. The standard InChI is InChI=1S/C31H28FN9O4/c1-34-30(43)27-24(13-25(39-40-27)38-29(42)18-7-8-18)37-23-6-4-5-21(28(23)45-3)19-12-22(32)26(36-15-19)31(44)41(2)16-20-11-17(14-33)9-10-35-20/h4-6,9-13,15,18H,7-8,16H2,1-3H3,(H,34,43)(H2,37,38,39,42). The van der Waals surface area contributed by atoms with Crippen molar-refractivity contribution in [1.29, 1.82) is 5.26 Å². The summed E-state index contributed by atoms with van der Waals surface area (Å²) >= 11 is 0. The highest BCUT2D eigenvalue weighted by Gasteiger charge is 2.30. The van der Waals surface area contributed by atoms with Crippen molar-refractivity contribution in [3.8, 4) is 22.9 Å². The lowest BCUT2D eigenvalue weighted by molar-refractivity contribution is -0.117. The summed E-state index contributed by atoms with van der Waals surface area (Å²) in [6.45, 7) is 0.0483. The van der Waals surface area contributed by atoms with Gasteiger partial charge < -0.3 is 25.6 Å². The monoisotopic (exact) mass is 609 g/mol. The van der Waals surface area contributed by atoms with Gasteiger partial charge in [0.1, 0.15) is 5.75 Å². The van der Waals surface area contributed by atoms with Gasteiger partial charge in [-0.05, 0) is 37.1 Å². The van der Waals surface area contributed by atoms with Crippen molar-refractivity contribution in [3.63, 3.8) is 0 Å². The zero-order valence-electron chi connectivity index (χ0n) is 24.6. The molecule has 0 spiro atoms. The number of ether oxygens (including phenoxy) is 1. The van der Waals surface area contributed by atoms with Gasteiger partial charge in [-0.1, -0.05) is 12.1 Å². The molecule has 0 aliphatic heterocycles. The number of hydrogen-bond acceptors (Lipinski definition) is 10. The third-order valence-corrected chi connectivity index (χ3v) is 6.97. The summed E-state index contributed by atoms with van der Waals surface area (Å²) in [6, 6.07) is 12.9. The normalized spacial score (nSPS) is 12.1. The number of benzene rings is 1. The maximum atomic E-state index is 15.4. The quantitative estimate of drug-likeness (QED) is 0.241. The summed E-state index contributed by atoms with van der Waals surface area (Å²) < 4.78 is 21.0. The van der Waals surface area contributed by atoms with E-state index in [-0.39, 0.29) is 41.3 Å². The SMILES string of the molecule is CNC(=O)c1nnc(NC(=O)C2CC2)cc1Nc1cccc(-c2cnc(C(=O)N(C)Cc3cc(C#N)ccn3)c(F)c2)c1OC. The smallest absolute Gasteiger partial charge is 0.275 e. The average Bonchev–Trinajstić information content (AvgIpc) is 3.90. The Kier molecular flexibility index (Phi) is 8.89. The molecule has 0 saturated heterocycles. The van der Waals surface area contributed by atoms with Gasteiger partial charge in [0.15, 0.2) is 23.0 Å². The topological polar surface area (TPSA) is 175 Å². The lowest BCUT2D eigenvalue weighted by atomic mass is 10.0. The number of carbonyl (C=O) groups is 3. The first kappa shape index (κ1) is 30.5. The molecule has 13 nitrogen and oxygen atoms in total. The number of nitrogens with one attached hydrogen (secondary N) is 3. The summed E-state index contributed by atoms with van der Waals surface area (Å²) in [5.41, 5.74) is 1.88. The van der Waals surface area contributed by atoms with Gasteiger partial charge in [0.05, 0.1) is 42.4 Å². The van der Waals surface area contributed by atoms with Crippen molar-refractivity contribution in [2.24, 2.45) is 5.92 Å². The lowest BCUT2D eigenvalue weighted by Crippen LogP contribution is -2.28. The number of anilines is 3. The van der Waals surface area contributed by atoms with Crippen LogP contribution in [-0.2, 0) is 11.3 Å². The van der Waals surface area contributed by atoms with Gasteiger partial charge in [-0.3, -0.25) is 19.4 Å². The summed E-state index contributed by atoms with van der Waals surface area (Å²) in [4.78, 5) is 47.4. The number of carbonyl (C=O) groups excluding carboxylic acids is 3. The van der Waals surface area contributed by atoms with E-state index in [1.54, 1.807) is 30.3 Å². The molecule has 3 N–H and O–H groups in total. The molecule has 1 aliphatic carbocycles. The fourth-order valence-electron chi connectivity index (χ4n) is 4.51. The molecule has 1 saturated carbocycles. The Labute approximate surface area is 257 Å². The van der Waals surface area contributed by atoms with Crippen LogP contribution in [0.1, 0.15) is 45.1 Å². The van der Waals surface area contributed by atoms with Gasteiger partial charge in [-0.15, -0.1) is 10.2 Å². The number of rotatable bonds is 10. The molecule has 0 unspecified atom stereocenters. The summed E-state index contributed by atoms with van der Waals surface area (Å²) in [5, 5.41) is 25.4. The number of pyridine rings is 2. The predicted molar refractivity (Wildman–Crippen MR) is 161 cm³/mol. The van der Waals surface area contributed by atoms with Crippen LogP contribution in [-0.4, -0.2) is 64.0 Å². The highest BCUT2D eigenvalue weighted by atomic mass is 19.1. The van der Waals surface area contributed by atoms with Crippen LogP contribution in [0.5, 0.6) is 5.75 Å². The van der Waals surface area contributed by atoms with Crippen molar-refractivity contribution in [2.45, 2.75) is 19.4 Å². The predicted octanol–water partition coefficient (Wildman–Crippen LogP) is 3.68. The minimum atomic E-state index is -0.847. The van der Waals surface area contributed by atoms with Crippen molar-refractivity contribution < 1.29 is 23.5 Å². The average molecular weight is 610 g/mol. The van der Waals surface area contributed by atoms with Crippen LogP contribution in [0.4, 0.5) is 21.6 Å². The Morgan fingerprint density at radius 2 is 1.89 bits per heavy atom. The Morgan fingerprint density at radius 1 is 1.09 bits per heavy atom. The Morgan fingerprint density at radius 3 is 2.58 bits per heavy atom. The van der Waals surface area contributed by atoms with E-state index in [0.717, 1.165) is 12.8 Å². The van der Waals surface area contributed by atoms with Gasteiger partial charge in [-0.25, -0.2) is 9.37 Å². The van der Waals surface area contributed by atoms with E-state index in [1.807, 2.05) is 6.07 Å². The van der Waals surface area contributed by atoms with E-state index in [4.69, 9.17) is 10.00 Å². The van der Waals surface area contributed by atoms with E-state index < -0.39 is 17.6 Å². The molecule has 0 bridgehead atoms. The molecule has 1 aromatic carbocycles. The molecule has 228 valence electrons. The first-order valence-electron chi connectivity index (χ1n) is 13.8. The molecule has 45 heavy (non-hydrogen) atoms. The number of amides is 3. The third-order valence-electron chi connectivity index (χ3n) is 6.97. The van der Waals surface area contributed by atoms with Gasteiger partial charge >= 0.3 is 0 Å². The minimum Gasteiger partial charge on any atom is -0.494 e. The Balaban J connectivity index is 1.41. The Bertz CT molecular complexity index is 1840. The molecular formula is C31H28FN9O4. The molecule has 1 aliphatic rings. The fourth-order valence-corrected chi connectivity index (χ4v) is 4.51. The first-order valence-corrected chi connectivity index (χ1v) is 13.8. The molecule has 0 atom stereocenters. The number of hydrogen-bond donors (Lipinski definition) is 3. The minimum absolute atomic E-state index is 0.0244. The summed E-state index contributed by atoms with van der Waals surface area (Å²) in [6.07, 6.45) is 4.44. The molecule has 5 rings (SSSR count). The van der Waals surface area contributed by atoms with Crippen molar-refractivity contribution in [1.82, 2.24) is 30.4 Å². The summed E-state index contributed by atoms with van der Waals surface area (Å²) in [7, 11) is 4.37. The first-order chi connectivity index (χ1) is 21.7. The van der Waals surface area contributed by atoms with Crippen molar-refractivity contribution in [2.75, 3.05) is 31.8 Å². The van der Waals surface area contributed by atoms with Crippen LogP contribution in [0.15, 0.2) is 54.9 Å². The molecule has 1 fully saturated rings. The lowest BCUT2D eigenvalue weighted by Gasteiger charge is -2.18. The van der Waals surface area contributed by atoms with Gasteiger partial charge in [0, 0.05) is 49.6 Å². The molecular weight excluding hydrogens is 581 g/mol. The van der Waals surface area contributed by atoms with E-state index in [9.17, 15) is 14.4 Å². The second-order valence-electron chi connectivity index (χ2n) is 10.2. The highest BCUT2D eigenvalue weighted by Crippen LogP contribution is 2.39. The van der Waals surface area contributed by atoms with Crippen molar-refractivity contribution >= 4 is 34.9 Å². The van der Waals surface area contributed by atoms with Crippen LogP contribution in [0.2, 0.25) is 0 Å². The van der Waals surface area contributed by atoms with E-state index in [1.165, 1.54) is 50.6 Å². The number of halogens is 1. The van der Waals surface area contributed by atoms with Crippen LogP contribution >= 0.6 is 0 Å². The van der Waals surface area contributed by atoms with Gasteiger partial charge in [0.2, 0.25) is 5.91 Å². The van der Waals surface area contributed by atoms with Crippen LogP contribution in [0.25, 0.3) is 11.1 Å². The number of nitrogens with zero attached hydrogens (tertiary/aromatic N) is 6. The van der Waals surface area contributed by atoms with E-state index in [2.05, 4.69) is 36.1 Å². The highest BCUT2D eigenvalue weighted by molar-refractivity contribution is 6.00. The van der Waals surface area contributed by atoms with Crippen molar-refractivity contribution in [3.05, 3.63) is 83.3 Å². The molecule has 3 amide bonds. The zero-order chi connectivity index (χ0) is 32.1. The third kappa shape index (κ3) is 6.83. The second kappa shape index (κ2) is 13.1. The summed E-state index contributed by atoms with van der Waals surface area (Å²) in [5.74, 6) is -1.79. The van der Waals surface area contributed by atoms with E-state index in [0.29, 0.717) is 33.8 Å². The molecule has 14 heteroatoms. The number of methoxy groups -OCH3 is 1. The maximum absolute atomic E-state index is 15.4. The number of para-hydroxylation sites is 1. The molecule has 0 radical (unpaired) electrons. The molecule has 3 aromatic heterocycles. The fraction of sp³-hybridized carbons (Fsp3) is 0.226. The largest absolute Gasteiger partial charge is 0.494 e.